The Hall–Kier alpha value is -4.28. The van der Waals surface area contributed by atoms with Crippen molar-refractivity contribution >= 4 is 35.5 Å². The highest BCUT2D eigenvalue weighted by Crippen LogP contribution is 2.14. The van der Waals surface area contributed by atoms with Gasteiger partial charge in [0.15, 0.2) is 0 Å². The molecule has 0 fully saturated rings. The summed E-state index contributed by atoms with van der Waals surface area (Å²) < 4.78 is 0. The molecule has 16 nitrogen and oxygen atoms in total. The first kappa shape index (κ1) is 44.7. The maximum absolute atomic E-state index is 13.9. The van der Waals surface area contributed by atoms with Crippen LogP contribution >= 0.6 is 0 Å². The number of hydrogen-bond donors (Lipinski definition) is 10. The van der Waals surface area contributed by atoms with Crippen LogP contribution < -0.4 is 43.8 Å². The second-order valence-corrected chi connectivity index (χ2v) is 13.7. The van der Waals surface area contributed by atoms with Crippen molar-refractivity contribution in [1.82, 2.24) is 26.6 Å². The highest BCUT2D eigenvalue weighted by atomic mass is 16.4. The number of amides is 5. The maximum Gasteiger partial charge on any atom is 0.326 e. The first-order valence-electron chi connectivity index (χ1n) is 17.7. The number of benzene rings is 1. The number of hydrogen-bond acceptors (Lipinski definition) is 10. The van der Waals surface area contributed by atoms with Crippen LogP contribution in [0.1, 0.15) is 85.1 Å². The van der Waals surface area contributed by atoms with E-state index in [0.29, 0.717) is 44.3 Å². The minimum Gasteiger partial charge on any atom is -0.508 e. The first-order valence-corrected chi connectivity index (χ1v) is 17.7. The van der Waals surface area contributed by atoms with E-state index >= 15 is 0 Å². The lowest BCUT2D eigenvalue weighted by molar-refractivity contribution is -0.142. The predicted octanol–water partition coefficient (Wildman–Crippen LogP) is -0.249. The molecule has 0 radical (unpaired) electrons. The van der Waals surface area contributed by atoms with Crippen LogP contribution in [0.3, 0.4) is 0 Å². The molecule has 0 aromatic heterocycles. The summed E-state index contributed by atoms with van der Waals surface area (Å²) in [5.41, 5.74) is 17.6. The molecule has 6 atom stereocenters. The summed E-state index contributed by atoms with van der Waals surface area (Å²) in [6.45, 7) is 9.28. The normalized spacial score (nSPS) is 14.8. The molecule has 5 amide bonds. The second-order valence-electron chi connectivity index (χ2n) is 13.7. The maximum atomic E-state index is 13.9. The predicted molar refractivity (Wildman–Crippen MR) is 193 cm³/mol. The number of unbranched alkanes of at least 4 members (excludes halogenated alkanes) is 2. The Balaban J connectivity index is 3.37. The van der Waals surface area contributed by atoms with Crippen molar-refractivity contribution in [3.8, 4) is 5.75 Å². The molecule has 0 bridgehead atoms. The van der Waals surface area contributed by atoms with Crippen molar-refractivity contribution in [2.45, 2.75) is 122 Å². The average molecular weight is 721 g/mol. The van der Waals surface area contributed by atoms with Gasteiger partial charge < -0.3 is 54.0 Å². The number of phenols is 1. The van der Waals surface area contributed by atoms with E-state index in [2.05, 4.69) is 26.6 Å². The third kappa shape index (κ3) is 17.0. The molecule has 1 rings (SSSR count). The van der Waals surface area contributed by atoms with Crippen LogP contribution in [0.2, 0.25) is 0 Å². The third-order valence-corrected chi connectivity index (χ3v) is 8.15. The standard InChI is InChI=1S/C35H60N8O8/c1-20(2)18-28(35(50)51)42-33(48)27(19-23-12-14-24(44)15-13-23)41-32(47)25(10-6-8-16-36)39-31(46)26(11-7-9-17-37)40-34(49)29(21(3)4)43-30(45)22(5)38/h12-15,20-22,25-29,44H,6-11,16-19,36-38H2,1-5H3,(H,39,46)(H,40,49)(H,41,47)(H,42,48)(H,43,45)(H,50,51)/t22-,25+,26+,27+,28-,29-/m1/s1. The van der Waals surface area contributed by atoms with Gasteiger partial charge in [0.2, 0.25) is 29.5 Å². The Kier molecular flexibility index (Phi) is 20.4. The first-order chi connectivity index (χ1) is 24.0. The van der Waals surface area contributed by atoms with E-state index in [0.717, 1.165) is 0 Å². The minimum atomic E-state index is -1.25. The molecule has 1 aromatic carbocycles. The van der Waals surface area contributed by atoms with Crippen LogP contribution in [-0.4, -0.2) is 95.1 Å². The highest BCUT2D eigenvalue weighted by Gasteiger charge is 2.33. The number of aliphatic carboxylic acids is 1. The van der Waals surface area contributed by atoms with Gasteiger partial charge in [0.1, 0.15) is 36.0 Å². The van der Waals surface area contributed by atoms with Gasteiger partial charge >= 0.3 is 5.97 Å². The van der Waals surface area contributed by atoms with Gasteiger partial charge in [-0.3, -0.25) is 24.0 Å². The fourth-order valence-electron chi connectivity index (χ4n) is 5.19. The molecule has 0 unspecified atom stereocenters. The minimum absolute atomic E-state index is 0.00140. The molecule has 1 aromatic rings. The molecule has 0 heterocycles. The average Bonchev–Trinajstić information content (AvgIpc) is 3.05. The van der Waals surface area contributed by atoms with Crippen LogP contribution in [0.5, 0.6) is 5.75 Å². The van der Waals surface area contributed by atoms with Crippen LogP contribution in [0.25, 0.3) is 0 Å². The Morgan fingerprint density at radius 3 is 1.51 bits per heavy atom. The summed E-state index contributed by atoms with van der Waals surface area (Å²) >= 11 is 0. The van der Waals surface area contributed by atoms with E-state index in [-0.39, 0.29) is 43.3 Å². The van der Waals surface area contributed by atoms with Crippen LogP contribution in [0.4, 0.5) is 0 Å². The Labute approximate surface area is 300 Å². The number of carboxylic acid groups (broad SMARTS) is 1. The fourth-order valence-corrected chi connectivity index (χ4v) is 5.19. The summed E-state index contributed by atoms with van der Waals surface area (Å²) in [5.74, 6) is -4.84. The molecule has 0 saturated carbocycles. The number of phenolic OH excluding ortho intramolecular Hbond substituents is 1. The van der Waals surface area contributed by atoms with E-state index in [1.807, 2.05) is 13.8 Å². The fraction of sp³-hybridized carbons (Fsp3) is 0.657. The monoisotopic (exact) mass is 720 g/mol. The van der Waals surface area contributed by atoms with Gasteiger partial charge in [-0.05, 0) is 94.5 Å². The van der Waals surface area contributed by atoms with E-state index in [1.165, 1.54) is 19.1 Å². The quantitative estimate of drug-likeness (QED) is 0.0622. The van der Waals surface area contributed by atoms with Crippen LogP contribution in [0, 0.1) is 11.8 Å². The number of aromatic hydroxyl groups is 1. The summed E-state index contributed by atoms with van der Waals surface area (Å²) in [6.07, 6.45) is 2.48. The summed E-state index contributed by atoms with van der Waals surface area (Å²) in [7, 11) is 0. The molecule has 0 aliphatic carbocycles. The molecule has 0 aliphatic heterocycles. The van der Waals surface area contributed by atoms with Gasteiger partial charge in [0.25, 0.3) is 0 Å². The van der Waals surface area contributed by atoms with Gasteiger partial charge in [0.05, 0.1) is 6.04 Å². The molecule has 16 heteroatoms. The van der Waals surface area contributed by atoms with Crippen molar-refractivity contribution < 1.29 is 39.0 Å². The zero-order valence-electron chi connectivity index (χ0n) is 30.6. The SMILES string of the molecule is CC(C)C[C@@H](NC(=O)[C@H](Cc1ccc(O)cc1)NC(=O)[C@H](CCCCN)NC(=O)[C@H](CCCCN)NC(=O)[C@H](NC(=O)[C@@H](C)N)C(C)C)C(=O)O. The van der Waals surface area contributed by atoms with Gasteiger partial charge in [-0.15, -0.1) is 0 Å². The van der Waals surface area contributed by atoms with Crippen LogP contribution in [-0.2, 0) is 35.2 Å². The second kappa shape index (κ2) is 23.2. The zero-order valence-corrected chi connectivity index (χ0v) is 30.6. The van der Waals surface area contributed by atoms with Gasteiger partial charge in [-0.1, -0.05) is 39.8 Å². The molecule has 288 valence electrons. The van der Waals surface area contributed by atoms with E-state index in [9.17, 15) is 39.0 Å². The molecule has 0 spiro atoms. The summed E-state index contributed by atoms with van der Waals surface area (Å²) in [6, 6.07) is -0.558. The van der Waals surface area contributed by atoms with Crippen molar-refractivity contribution in [3.63, 3.8) is 0 Å². The lowest BCUT2D eigenvalue weighted by Gasteiger charge is -2.28. The third-order valence-electron chi connectivity index (χ3n) is 8.15. The molecule has 13 N–H and O–H groups in total. The molecule has 0 saturated heterocycles. The lowest BCUT2D eigenvalue weighted by atomic mass is 10.00. The number of nitrogens with one attached hydrogen (secondary N) is 5. The highest BCUT2D eigenvalue weighted by molar-refractivity contribution is 5.96. The number of carbonyl (C=O) groups is 6. The van der Waals surface area contributed by atoms with Crippen molar-refractivity contribution in [1.29, 1.82) is 0 Å². The van der Waals surface area contributed by atoms with E-state index < -0.39 is 71.8 Å². The molecule has 0 aliphatic rings. The molecular formula is C35H60N8O8. The van der Waals surface area contributed by atoms with Crippen LogP contribution in [0.15, 0.2) is 24.3 Å². The summed E-state index contributed by atoms with van der Waals surface area (Å²) in [5, 5.41) is 32.7. The topological polar surface area (TPSA) is 281 Å². The van der Waals surface area contributed by atoms with Gasteiger partial charge in [-0.2, -0.15) is 0 Å². The molecular weight excluding hydrogens is 660 g/mol. The smallest absolute Gasteiger partial charge is 0.326 e. The Morgan fingerprint density at radius 2 is 1.08 bits per heavy atom. The Morgan fingerprint density at radius 1 is 0.627 bits per heavy atom. The number of carbonyl (C=O) groups excluding carboxylic acids is 5. The number of carboxylic acids is 1. The summed E-state index contributed by atoms with van der Waals surface area (Å²) in [4.78, 5) is 78.8. The largest absolute Gasteiger partial charge is 0.508 e. The Bertz CT molecular complexity index is 1270. The van der Waals surface area contributed by atoms with Gasteiger partial charge in [-0.25, -0.2) is 4.79 Å². The van der Waals surface area contributed by atoms with Gasteiger partial charge in [0, 0.05) is 6.42 Å². The molecule has 51 heavy (non-hydrogen) atoms. The van der Waals surface area contributed by atoms with E-state index in [1.54, 1.807) is 26.0 Å². The lowest BCUT2D eigenvalue weighted by Crippen LogP contribution is -2.60. The van der Waals surface area contributed by atoms with E-state index in [4.69, 9.17) is 17.2 Å². The van der Waals surface area contributed by atoms with Crippen molar-refractivity contribution in [2.24, 2.45) is 29.0 Å². The van der Waals surface area contributed by atoms with Crippen molar-refractivity contribution in [3.05, 3.63) is 29.8 Å². The zero-order chi connectivity index (χ0) is 38.7. The van der Waals surface area contributed by atoms with Crippen molar-refractivity contribution in [2.75, 3.05) is 13.1 Å². The number of nitrogens with two attached hydrogens (primary N) is 3. The number of rotatable bonds is 24.